The molecule has 9 heteroatoms. The maximum Gasteiger partial charge on any atom is 0.278 e. The topological polar surface area (TPSA) is 94.0 Å². The van der Waals surface area contributed by atoms with Gasteiger partial charge < -0.3 is 15.5 Å². The van der Waals surface area contributed by atoms with Crippen LogP contribution in [0, 0.1) is 6.57 Å². The van der Waals surface area contributed by atoms with E-state index >= 15 is 0 Å². The summed E-state index contributed by atoms with van der Waals surface area (Å²) in [5.74, 6) is 1.00. The summed E-state index contributed by atoms with van der Waals surface area (Å²) in [4.78, 5) is 31.0. The van der Waals surface area contributed by atoms with Crippen molar-refractivity contribution in [3.8, 4) is 5.82 Å². The molecule has 180 valence electrons. The van der Waals surface area contributed by atoms with Crippen LogP contribution in [-0.4, -0.2) is 30.9 Å². The number of nitrogens with zero attached hydrogens (tertiary/aromatic N) is 6. The van der Waals surface area contributed by atoms with Crippen molar-refractivity contribution in [1.82, 2.24) is 29.6 Å². The van der Waals surface area contributed by atoms with Crippen LogP contribution in [0.2, 0.25) is 0 Å². The number of hydrogen-bond donors (Lipinski definition) is 2. The zero-order valence-corrected chi connectivity index (χ0v) is 20.1. The van der Waals surface area contributed by atoms with E-state index in [1.54, 1.807) is 15.6 Å². The van der Waals surface area contributed by atoms with Gasteiger partial charge in [0.25, 0.3) is 11.1 Å². The molecule has 2 fully saturated rings. The molecule has 1 aromatic carbocycles. The van der Waals surface area contributed by atoms with E-state index in [0.717, 1.165) is 37.3 Å². The Labute approximate surface area is 208 Å². The number of fused-ring (bicyclic) bond motifs is 3. The van der Waals surface area contributed by atoms with Crippen LogP contribution in [0.25, 0.3) is 21.7 Å². The predicted octanol–water partition coefficient (Wildman–Crippen LogP) is 3.78. The van der Waals surface area contributed by atoms with Crippen LogP contribution in [0.4, 0.5) is 11.6 Å². The fourth-order valence-electron chi connectivity index (χ4n) is 5.54. The van der Waals surface area contributed by atoms with Gasteiger partial charge >= 0.3 is 0 Å². The molecule has 3 aromatic heterocycles. The Morgan fingerprint density at radius 2 is 2.03 bits per heavy atom. The Bertz CT molecular complexity index is 1630. The lowest BCUT2D eigenvalue weighted by Crippen LogP contribution is -2.33. The first kappa shape index (κ1) is 21.3. The molecule has 2 N–H and O–H groups in total. The van der Waals surface area contributed by atoms with Gasteiger partial charge in [-0.3, -0.25) is 4.79 Å². The van der Waals surface area contributed by atoms with Crippen molar-refractivity contribution >= 4 is 22.7 Å². The fourth-order valence-corrected chi connectivity index (χ4v) is 5.54. The maximum atomic E-state index is 13.2. The molecular formula is C27H26N8O. The molecule has 2 aliphatic carbocycles. The zero-order chi connectivity index (χ0) is 24.5. The Morgan fingerprint density at radius 3 is 2.78 bits per heavy atom. The Balaban J connectivity index is 1.30. The standard InChI is InChI=1S/C27H26N8O/c1-3-34-24(36)19-15-30-25(31-18-7-8-20-17(13-18)14-29-16-26(20)9-10-26)33-23(19)35(34)22-6-4-5-21(32-22)27(28-2)11-12-27/h4-8,13,15,29H,3,9-12,14,16H2,1H3,(H,30,31,33). The minimum atomic E-state index is -0.529. The van der Waals surface area contributed by atoms with E-state index in [1.807, 2.05) is 25.1 Å². The number of nitrogens with one attached hydrogen (secondary N) is 2. The number of anilines is 2. The van der Waals surface area contributed by atoms with Crippen molar-refractivity contribution < 1.29 is 0 Å². The quantitative estimate of drug-likeness (QED) is 0.424. The SMILES string of the molecule is [C-]#[N+]C1(c2cccc(-n3c4nc(Nc5ccc6c(c5)CNCC65CC5)ncc4c(=O)n3CC)n2)CC1. The molecule has 36 heavy (non-hydrogen) atoms. The van der Waals surface area contributed by atoms with Crippen molar-refractivity contribution in [2.45, 2.75) is 56.7 Å². The second-order valence-corrected chi connectivity index (χ2v) is 10.2. The molecule has 3 aliphatic rings. The summed E-state index contributed by atoms with van der Waals surface area (Å²) in [6, 6.07) is 12.1. The molecular weight excluding hydrogens is 452 g/mol. The van der Waals surface area contributed by atoms with Crippen molar-refractivity contribution in [1.29, 1.82) is 0 Å². The summed E-state index contributed by atoms with van der Waals surface area (Å²) < 4.78 is 3.37. The van der Waals surface area contributed by atoms with E-state index in [0.29, 0.717) is 34.8 Å². The average Bonchev–Trinajstić information content (AvgIpc) is 3.83. The van der Waals surface area contributed by atoms with Gasteiger partial charge in [0.2, 0.25) is 5.95 Å². The minimum Gasteiger partial charge on any atom is -0.324 e. The molecule has 0 unspecified atom stereocenters. The lowest BCUT2D eigenvalue weighted by atomic mass is 9.88. The average molecular weight is 479 g/mol. The van der Waals surface area contributed by atoms with Gasteiger partial charge in [0.15, 0.2) is 11.5 Å². The summed E-state index contributed by atoms with van der Waals surface area (Å²) >= 11 is 0. The van der Waals surface area contributed by atoms with Gasteiger partial charge in [0.05, 0.1) is 0 Å². The Morgan fingerprint density at radius 1 is 1.17 bits per heavy atom. The van der Waals surface area contributed by atoms with E-state index < -0.39 is 5.54 Å². The fraction of sp³-hybridized carbons (Fsp3) is 0.370. The van der Waals surface area contributed by atoms with Crippen molar-refractivity contribution in [2.24, 2.45) is 0 Å². The van der Waals surface area contributed by atoms with Gasteiger partial charge in [-0.15, -0.1) is 0 Å². The zero-order valence-electron chi connectivity index (χ0n) is 20.1. The maximum absolute atomic E-state index is 13.2. The number of pyridine rings is 1. The molecule has 0 radical (unpaired) electrons. The van der Waals surface area contributed by atoms with E-state index in [2.05, 4.69) is 38.7 Å². The van der Waals surface area contributed by atoms with E-state index in [-0.39, 0.29) is 5.56 Å². The summed E-state index contributed by atoms with van der Waals surface area (Å²) in [6.45, 7) is 11.9. The van der Waals surface area contributed by atoms with Crippen LogP contribution in [0.1, 0.15) is 49.4 Å². The van der Waals surface area contributed by atoms with Crippen molar-refractivity contribution in [3.63, 3.8) is 0 Å². The molecule has 0 saturated heterocycles. The molecule has 1 spiro atoms. The third kappa shape index (κ3) is 3.11. The molecule has 7 rings (SSSR count). The lowest BCUT2D eigenvalue weighted by molar-refractivity contribution is 0.531. The highest BCUT2D eigenvalue weighted by Gasteiger charge is 2.54. The van der Waals surface area contributed by atoms with Crippen molar-refractivity contribution in [3.05, 3.63) is 81.2 Å². The smallest absolute Gasteiger partial charge is 0.278 e. The third-order valence-corrected chi connectivity index (χ3v) is 7.91. The molecule has 2 saturated carbocycles. The summed E-state index contributed by atoms with van der Waals surface area (Å²) in [5, 5.41) is 7.32. The molecule has 4 aromatic rings. The minimum absolute atomic E-state index is 0.160. The predicted molar refractivity (Wildman–Crippen MR) is 136 cm³/mol. The highest BCUT2D eigenvalue weighted by atomic mass is 16.1. The summed E-state index contributed by atoms with van der Waals surface area (Å²) in [5.41, 5.74) is 4.57. The third-order valence-electron chi connectivity index (χ3n) is 7.91. The first-order valence-electron chi connectivity index (χ1n) is 12.5. The molecule has 0 bridgehead atoms. The number of rotatable bonds is 5. The largest absolute Gasteiger partial charge is 0.324 e. The van der Waals surface area contributed by atoms with Crippen molar-refractivity contribution in [2.75, 3.05) is 11.9 Å². The summed E-state index contributed by atoms with van der Waals surface area (Å²) in [6.07, 6.45) is 5.71. The van der Waals surface area contributed by atoms with Crippen LogP contribution >= 0.6 is 0 Å². The Hall–Kier alpha value is -4.03. The highest BCUT2D eigenvalue weighted by molar-refractivity contribution is 5.77. The van der Waals surface area contributed by atoms with Crippen LogP contribution < -0.4 is 16.2 Å². The molecule has 4 heterocycles. The van der Waals surface area contributed by atoms with Crippen LogP contribution in [0.5, 0.6) is 0 Å². The van der Waals surface area contributed by atoms with Gasteiger partial charge in [0, 0.05) is 49.8 Å². The van der Waals surface area contributed by atoms with Crippen LogP contribution in [0.3, 0.4) is 0 Å². The molecule has 0 atom stereocenters. The Kier molecular flexibility index (Phi) is 4.42. The monoisotopic (exact) mass is 478 g/mol. The molecule has 0 amide bonds. The van der Waals surface area contributed by atoms with E-state index in [1.165, 1.54) is 24.0 Å². The normalized spacial score (nSPS) is 18.6. The lowest BCUT2D eigenvalue weighted by Gasteiger charge is -2.26. The van der Waals surface area contributed by atoms with Gasteiger partial charge in [0.1, 0.15) is 11.1 Å². The van der Waals surface area contributed by atoms with Gasteiger partial charge in [-0.2, -0.15) is 4.98 Å². The second kappa shape index (κ2) is 7.48. The summed E-state index contributed by atoms with van der Waals surface area (Å²) in [7, 11) is 0. The first-order valence-corrected chi connectivity index (χ1v) is 12.5. The van der Waals surface area contributed by atoms with Crippen LogP contribution in [0.15, 0.2) is 47.4 Å². The highest BCUT2D eigenvalue weighted by Crippen LogP contribution is 2.51. The molecule has 9 nitrogen and oxygen atoms in total. The second-order valence-electron chi connectivity index (χ2n) is 10.2. The number of aromatic nitrogens is 5. The van der Waals surface area contributed by atoms with Crippen LogP contribution in [-0.2, 0) is 24.0 Å². The van der Waals surface area contributed by atoms with Gasteiger partial charge in [-0.25, -0.2) is 25.9 Å². The van der Waals surface area contributed by atoms with Gasteiger partial charge in [-0.1, -0.05) is 12.1 Å². The van der Waals surface area contributed by atoms with E-state index in [4.69, 9.17) is 16.5 Å². The number of benzene rings is 1. The van der Waals surface area contributed by atoms with Gasteiger partial charge in [-0.05, 0) is 55.2 Å². The molecule has 1 aliphatic heterocycles. The first-order chi connectivity index (χ1) is 17.6. The number of hydrogen-bond acceptors (Lipinski definition) is 6. The van der Waals surface area contributed by atoms with E-state index in [9.17, 15) is 4.79 Å².